The molecule has 1 fully saturated rings. The van der Waals surface area contributed by atoms with Crippen molar-refractivity contribution < 1.29 is 0 Å². The van der Waals surface area contributed by atoms with E-state index in [1.807, 2.05) is 11.3 Å². The molecule has 16 heavy (non-hydrogen) atoms. The first-order valence-electron chi connectivity index (χ1n) is 5.99. The van der Waals surface area contributed by atoms with Crippen molar-refractivity contribution in [3.05, 3.63) is 35.2 Å². The summed E-state index contributed by atoms with van der Waals surface area (Å²) in [4.78, 5) is 0. The minimum atomic E-state index is 0.204. The molecule has 0 aliphatic heterocycles. The average molecular weight is 231 g/mol. The van der Waals surface area contributed by atoms with Crippen molar-refractivity contribution in [2.24, 2.45) is 17.6 Å². The fourth-order valence-corrected chi connectivity index (χ4v) is 3.44. The number of nitrogens with two attached hydrogens (primary N) is 1. The normalized spacial score (nSPS) is 19.9. The molecule has 1 aromatic carbocycles. The predicted molar refractivity (Wildman–Crippen MR) is 70.6 cm³/mol. The average Bonchev–Trinajstić information content (AvgIpc) is 3.04. The summed E-state index contributed by atoms with van der Waals surface area (Å²) in [5.41, 5.74) is 7.75. The van der Waals surface area contributed by atoms with Crippen molar-refractivity contribution in [2.75, 3.05) is 0 Å². The molecule has 1 aliphatic rings. The third-order valence-corrected chi connectivity index (χ3v) is 4.78. The largest absolute Gasteiger partial charge is 0.324 e. The van der Waals surface area contributed by atoms with Crippen LogP contribution in [0.2, 0.25) is 0 Å². The van der Waals surface area contributed by atoms with Crippen molar-refractivity contribution in [3.8, 4) is 0 Å². The van der Waals surface area contributed by atoms with Crippen LogP contribution in [0.5, 0.6) is 0 Å². The lowest BCUT2D eigenvalue weighted by Gasteiger charge is -2.20. The van der Waals surface area contributed by atoms with E-state index in [1.54, 1.807) is 0 Å². The first-order valence-corrected chi connectivity index (χ1v) is 6.87. The van der Waals surface area contributed by atoms with E-state index in [2.05, 4.69) is 36.6 Å². The summed E-state index contributed by atoms with van der Waals surface area (Å²) in [5, 5.41) is 3.49. The van der Waals surface area contributed by atoms with Gasteiger partial charge in [0.15, 0.2) is 0 Å². The topological polar surface area (TPSA) is 26.0 Å². The van der Waals surface area contributed by atoms with Crippen LogP contribution < -0.4 is 5.73 Å². The van der Waals surface area contributed by atoms with Crippen LogP contribution in [-0.2, 0) is 0 Å². The summed E-state index contributed by atoms with van der Waals surface area (Å²) in [5.74, 6) is 1.48. The SMILES string of the molecule is CC(C1CC1)C(N)c1cccc2ccsc12. The Hall–Kier alpha value is -0.860. The van der Waals surface area contributed by atoms with Crippen LogP contribution in [0.1, 0.15) is 31.4 Å². The third-order valence-electron chi connectivity index (χ3n) is 3.80. The van der Waals surface area contributed by atoms with E-state index in [4.69, 9.17) is 5.73 Å². The molecule has 0 spiro atoms. The molecule has 1 nitrogen and oxygen atoms in total. The molecule has 84 valence electrons. The van der Waals surface area contributed by atoms with E-state index in [0.29, 0.717) is 5.92 Å². The van der Waals surface area contributed by atoms with Gasteiger partial charge < -0.3 is 5.73 Å². The van der Waals surface area contributed by atoms with Gasteiger partial charge in [-0.15, -0.1) is 11.3 Å². The molecule has 2 N–H and O–H groups in total. The van der Waals surface area contributed by atoms with Crippen LogP contribution in [0, 0.1) is 11.8 Å². The number of hydrogen-bond donors (Lipinski definition) is 1. The standard InChI is InChI=1S/C14H17NS/c1-9(10-5-6-10)13(15)12-4-2-3-11-7-8-16-14(11)12/h2-4,7-10,13H,5-6,15H2,1H3. The molecular formula is C14H17NS. The summed E-state index contributed by atoms with van der Waals surface area (Å²) in [6.07, 6.45) is 2.74. The molecule has 2 heteroatoms. The summed E-state index contributed by atoms with van der Waals surface area (Å²) >= 11 is 1.81. The second kappa shape index (κ2) is 3.86. The van der Waals surface area contributed by atoms with Crippen molar-refractivity contribution in [1.82, 2.24) is 0 Å². The Morgan fingerprint density at radius 1 is 1.31 bits per heavy atom. The van der Waals surface area contributed by atoms with Gasteiger partial charge in [-0.05, 0) is 47.1 Å². The summed E-state index contributed by atoms with van der Waals surface area (Å²) in [6, 6.07) is 8.88. The number of hydrogen-bond acceptors (Lipinski definition) is 2. The van der Waals surface area contributed by atoms with Crippen LogP contribution in [-0.4, -0.2) is 0 Å². The molecular weight excluding hydrogens is 214 g/mol. The number of benzene rings is 1. The molecule has 2 unspecified atom stereocenters. The van der Waals surface area contributed by atoms with E-state index in [9.17, 15) is 0 Å². The number of rotatable bonds is 3. The minimum Gasteiger partial charge on any atom is -0.324 e. The van der Waals surface area contributed by atoms with Gasteiger partial charge in [0.05, 0.1) is 0 Å². The molecule has 0 bridgehead atoms. The zero-order valence-electron chi connectivity index (χ0n) is 9.52. The second-order valence-electron chi connectivity index (χ2n) is 4.91. The van der Waals surface area contributed by atoms with Gasteiger partial charge in [0.2, 0.25) is 0 Å². The van der Waals surface area contributed by atoms with Crippen molar-refractivity contribution in [1.29, 1.82) is 0 Å². The van der Waals surface area contributed by atoms with Crippen LogP contribution in [0.3, 0.4) is 0 Å². The lowest BCUT2D eigenvalue weighted by molar-refractivity contribution is 0.419. The van der Waals surface area contributed by atoms with Crippen LogP contribution >= 0.6 is 11.3 Å². The summed E-state index contributed by atoms with van der Waals surface area (Å²) in [6.45, 7) is 2.30. The van der Waals surface area contributed by atoms with E-state index in [-0.39, 0.29) is 6.04 Å². The Kier molecular flexibility index (Phi) is 2.49. The maximum atomic E-state index is 6.41. The van der Waals surface area contributed by atoms with E-state index >= 15 is 0 Å². The van der Waals surface area contributed by atoms with Crippen molar-refractivity contribution in [3.63, 3.8) is 0 Å². The molecule has 0 radical (unpaired) electrons. The Morgan fingerprint density at radius 3 is 2.88 bits per heavy atom. The Labute approximate surface area is 100 Å². The van der Waals surface area contributed by atoms with Gasteiger partial charge in [-0.3, -0.25) is 0 Å². The molecule has 1 saturated carbocycles. The fraction of sp³-hybridized carbons (Fsp3) is 0.429. The summed E-state index contributed by atoms with van der Waals surface area (Å²) in [7, 11) is 0. The molecule has 1 aromatic heterocycles. The fourth-order valence-electron chi connectivity index (χ4n) is 2.48. The Bertz CT molecular complexity index is 498. The molecule has 0 saturated heterocycles. The molecule has 3 rings (SSSR count). The maximum Gasteiger partial charge on any atom is 0.0390 e. The van der Waals surface area contributed by atoms with Gasteiger partial charge in [-0.25, -0.2) is 0 Å². The Balaban J connectivity index is 2.00. The van der Waals surface area contributed by atoms with Crippen molar-refractivity contribution in [2.45, 2.75) is 25.8 Å². The zero-order valence-corrected chi connectivity index (χ0v) is 10.3. The zero-order chi connectivity index (χ0) is 11.1. The van der Waals surface area contributed by atoms with E-state index < -0.39 is 0 Å². The van der Waals surface area contributed by atoms with Gasteiger partial charge in [-0.1, -0.05) is 25.1 Å². The first-order chi connectivity index (χ1) is 7.77. The smallest absolute Gasteiger partial charge is 0.0390 e. The quantitative estimate of drug-likeness (QED) is 0.850. The van der Waals surface area contributed by atoms with E-state index in [1.165, 1.54) is 28.5 Å². The highest BCUT2D eigenvalue weighted by molar-refractivity contribution is 7.17. The van der Waals surface area contributed by atoms with Crippen LogP contribution in [0.15, 0.2) is 29.6 Å². The monoisotopic (exact) mass is 231 g/mol. The molecule has 1 aliphatic carbocycles. The maximum absolute atomic E-state index is 6.41. The van der Waals surface area contributed by atoms with Gasteiger partial charge >= 0.3 is 0 Å². The highest BCUT2D eigenvalue weighted by Crippen LogP contribution is 2.43. The lowest BCUT2D eigenvalue weighted by atomic mass is 9.91. The predicted octanol–water partition coefficient (Wildman–Crippen LogP) is 3.95. The highest BCUT2D eigenvalue weighted by atomic mass is 32.1. The third kappa shape index (κ3) is 1.66. The van der Waals surface area contributed by atoms with Gasteiger partial charge in [0.25, 0.3) is 0 Å². The van der Waals surface area contributed by atoms with Crippen LogP contribution in [0.25, 0.3) is 10.1 Å². The minimum absolute atomic E-state index is 0.204. The van der Waals surface area contributed by atoms with E-state index in [0.717, 1.165) is 5.92 Å². The first kappa shape index (κ1) is 10.3. The van der Waals surface area contributed by atoms with Gasteiger partial charge in [0, 0.05) is 10.7 Å². The van der Waals surface area contributed by atoms with Gasteiger partial charge in [0.1, 0.15) is 0 Å². The number of fused-ring (bicyclic) bond motifs is 1. The Morgan fingerprint density at radius 2 is 2.12 bits per heavy atom. The van der Waals surface area contributed by atoms with Crippen molar-refractivity contribution >= 4 is 21.4 Å². The molecule has 2 aromatic rings. The van der Waals surface area contributed by atoms with Crippen LogP contribution in [0.4, 0.5) is 0 Å². The molecule has 2 atom stereocenters. The molecule has 1 heterocycles. The second-order valence-corrected chi connectivity index (χ2v) is 5.82. The lowest BCUT2D eigenvalue weighted by Crippen LogP contribution is -2.20. The highest BCUT2D eigenvalue weighted by Gasteiger charge is 2.32. The number of thiophene rings is 1. The molecule has 0 amide bonds. The van der Waals surface area contributed by atoms with Gasteiger partial charge in [-0.2, -0.15) is 0 Å². The summed E-state index contributed by atoms with van der Waals surface area (Å²) < 4.78 is 1.38.